The normalized spacial score (nSPS) is 17.8. The summed E-state index contributed by atoms with van der Waals surface area (Å²) >= 11 is 0. The van der Waals surface area contributed by atoms with E-state index in [1.54, 1.807) is 18.2 Å². The van der Waals surface area contributed by atoms with Gasteiger partial charge >= 0.3 is 0 Å². The topological polar surface area (TPSA) is 113 Å². The van der Waals surface area contributed by atoms with E-state index >= 15 is 0 Å². The van der Waals surface area contributed by atoms with E-state index in [0.29, 0.717) is 16.5 Å². The summed E-state index contributed by atoms with van der Waals surface area (Å²) in [6, 6.07) is 13.4. The van der Waals surface area contributed by atoms with E-state index in [-0.39, 0.29) is 36.3 Å². The van der Waals surface area contributed by atoms with Crippen LogP contribution in [0.25, 0.3) is 10.9 Å². The Bertz CT molecular complexity index is 1160. The molecule has 2 atom stereocenters. The molecule has 1 aromatic heterocycles. The third kappa shape index (κ3) is 3.56. The van der Waals surface area contributed by atoms with E-state index in [2.05, 4.69) is 15.7 Å². The van der Waals surface area contributed by atoms with Gasteiger partial charge in [-0.25, -0.2) is 4.68 Å². The van der Waals surface area contributed by atoms with Gasteiger partial charge in [0, 0.05) is 12.0 Å². The Morgan fingerprint density at radius 3 is 2.62 bits per heavy atom. The first kappa shape index (κ1) is 18.7. The predicted octanol–water partition coefficient (Wildman–Crippen LogP) is 1.80. The number of carbonyl (C=O) groups is 3. The molecule has 0 aliphatic carbocycles. The number of hydrogen-bond donors (Lipinski definition) is 3. The quantitative estimate of drug-likeness (QED) is 0.588. The van der Waals surface area contributed by atoms with Gasteiger partial charge in [-0.1, -0.05) is 30.3 Å². The number of nitrogens with zero attached hydrogens (tertiary/aromatic N) is 1. The number of carbonyl (C=O) groups excluding carboxylic acids is 3. The lowest BCUT2D eigenvalue weighted by Crippen LogP contribution is -2.44. The molecule has 3 amide bonds. The van der Waals surface area contributed by atoms with Crippen molar-refractivity contribution in [2.75, 3.05) is 0 Å². The van der Waals surface area contributed by atoms with Gasteiger partial charge in [0.15, 0.2) is 0 Å². The third-order valence-electron chi connectivity index (χ3n) is 5.14. The Kier molecular flexibility index (Phi) is 4.75. The van der Waals surface area contributed by atoms with Crippen LogP contribution in [0.5, 0.6) is 0 Å². The fourth-order valence-electron chi connectivity index (χ4n) is 3.53. The molecule has 8 heteroatoms. The highest BCUT2D eigenvalue weighted by molar-refractivity contribution is 6.00. The molecule has 148 valence electrons. The largest absolute Gasteiger partial charge is 0.346 e. The number of imide groups is 1. The molecule has 0 spiro atoms. The lowest BCUT2D eigenvalue weighted by molar-refractivity contribution is -0.136. The van der Waals surface area contributed by atoms with Gasteiger partial charge in [0.1, 0.15) is 6.04 Å². The van der Waals surface area contributed by atoms with Gasteiger partial charge in [-0.05, 0) is 37.1 Å². The summed E-state index contributed by atoms with van der Waals surface area (Å²) in [4.78, 5) is 48.7. The first-order valence-electron chi connectivity index (χ1n) is 9.38. The van der Waals surface area contributed by atoms with Gasteiger partial charge in [-0.2, -0.15) is 0 Å². The van der Waals surface area contributed by atoms with Crippen LogP contribution < -0.4 is 16.2 Å². The third-order valence-corrected chi connectivity index (χ3v) is 5.14. The molecular weight excluding hydrogens is 372 g/mol. The number of hydrogen-bond acceptors (Lipinski definition) is 4. The molecule has 1 aliphatic heterocycles. The van der Waals surface area contributed by atoms with Crippen molar-refractivity contribution in [1.82, 2.24) is 20.4 Å². The van der Waals surface area contributed by atoms with Crippen LogP contribution in [0.1, 0.15) is 47.8 Å². The minimum Gasteiger partial charge on any atom is -0.346 e. The summed E-state index contributed by atoms with van der Waals surface area (Å²) < 4.78 is 1.22. The maximum absolute atomic E-state index is 12.7. The smallest absolute Gasteiger partial charge is 0.275 e. The Morgan fingerprint density at radius 2 is 1.90 bits per heavy atom. The summed E-state index contributed by atoms with van der Waals surface area (Å²) in [6.07, 6.45) is 0.419. The van der Waals surface area contributed by atoms with Crippen LogP contribution in [0, 0.1) is 0 Å². The number of H-pyrrole nitrogens is 1. The minimum atomic E-state index is -0.775. The van der Waals surface area contributed by atoms with Crippen molar-refractivity contribution in [3.63, 3.8) is 0 Å². The fraction of sp³-hybridized carbons (Fsp3) is 0.238. The number of fused-ring (bicyclic) bond motifs is 1. The Hall–Kier alpha value is -3.68. The van der Waals surface area contributed by atoms with Crippen LogP contribution in [0.4, 0.5) is 0 Å². The fourth-order valence-corrected chi connectivity index (χ4v) is 3.53. The van der Waals surface area contributed by atoms with E-state index in [4.69, 9.17) is 0 Å². The van der Waals surface area contributed by atoms with Crippen LogP contribution in [-0.4, -0.2) is 27.5 Å². The van der Waals surface area contributed by atoms with Crippen LogP contribution in [-0.2, 0) is 9.59 Å². The zero-order valence-corrected chi connectivity index (χ0v) is 15.8. The lowest BCUT2D eigenvalue weighted by atomic mass is 10.1. The van der Waals surface area contributed by atoms with Crippen LogP contribution in [0.3, 0.4) is 0 Å². The number of rotatable bonds is 4. The van der Waals surface area contributed by atoms with Gasteiger partial charge in [-0.15, -0.1) is 0 Å². The van der Waals surface area contributed by atoms with Crippen molar-refractivity contribution in [3.8, 4) is 0 Å². The standard InChI is InChI=1S/C21H20N4O4/c1-12(13-5-3-2-4-6-13)22-19(27)14-7-8-15-16(11-14)24-25(21(15)29)17-9-10-18(26)23-20(17)28/h2-8,11-12,17,24H,9-10H2,1H3,(H,22,27)(H,23,26,28)/t12-,17?/m0/s1. The molecule has 0 bridgehead atoms. The van der Waals surface area contributed by atoms with Gasteiger partial charge in [0.25, 0.3) is 17.4 Å². The molecule has 8 nitrogen and oxygen atoms in total. The molecule has 0 saturated carbocycles. The van der Waals surface area contributed by atoms with Crippen molar-refractivity contribution in [3.05, 3.63) is 70.0 Å². The zero-order valence-electron chi connectivity index (χ0n) is 15.8. The summed E-state index contributed by atoms with van der Waals surface area (Å²) in [5.41, 5.74) is 1.48. The van der Waals surface area contributed by atoms with Crippen molar-refractivity contribution in [2.24, 2.45) is 0 Å². The number of amides is 3. The molecule has 2 aromatic carbocycles. The molecule has 1 fully saturated rings. The first-order chi connectivity index (χ1) is 13.9. The number of piperidine rings is 1. The second-order valence-corrected chi connectivity index (χ2v) is 7.12. The second kappa shape index (κ2) is 7.38. The molecular formula is C21H20N4O4. The van der Waals surface area contributed by atoms with Crippen LogP contribution >= 0.6 is 0 Å². The Balaban J connectivity index is 1.60. The van der Waals surface area contributed by atoms with E-state index in [1.165, 1.54) is 4.68 Å². The number of aromatic nitrogens is 2. The average Bonchev–Trinajstić information content (AvgIpc) is 3.04. The van der Waals surface area contributed by atoms with Crippen LogP contribution in [0.15, 0.2) is 53.3 Å². The van der Waals surface area contributed by atoms with Gasteiger partial charge < -0.3 is 5.32 Å². The van der Waals surface area contributed by atoms with E-state index < -0.39 is 11.9 Å². The summed E-state index contributed by atoms with van der Waals surface area (Å²) in [6.45, 7) is 1.90. The second-order valence-electron chi connectivity index (χ2n) is 7.12. The maximum atomic E-state index is 12.7. The van der Waals surface area contributed by atoms with E-state index in [9.17, 15) is 19.2 Å². The molecule has 1 aliphatic rings. The van der Waals surface area contributed by atoms with Gasteiger partial charge in [0.05, 0.1) is 16.9 Å². The molecule has 29 heavy (non-hydrogen) atoms. The monoisotopic (exact) mass is 392 g/mol. The number of aromatic amines is 1. The van der Waals surface area contributed by atoms with E-state index in [0.717, 1.165) is 5.56 Å². The molecule has 3 aromatic rings. The highest BCUT2D eigenvalue weighted by Gasteiger charge is 2.30. The summed E-state index contributed by atoms with van der Waals surface area (Å²) in [5.74, 6) is -1.12. The zero-order chi connectivity index (χ0) is 20.5. The molecule has 1 unspecified atom stereocenters. The molecule has 3 N–H and O–H groups in total. The van der Waals surface area contributed by atoms with Gasteiger partial charge in [-0.3, -0.25) is 29.6 Å². The predicted molar refractivity (Wildman–Crippen MR) is 106 cm³/mol. The van der Waals surface area contributed by atoms with Gasteiger partial charge in [0.2, 0.25) is 5.91 Å². The number of benzene rings is 2. The van der Waals surface area contributed by atoms with Crippen molar-refractivity contribution >= 4 is 28.6 Å². The molecule has 2 heterocycles. The van der Waals surface area contributed by atoms with Crippen LogP contribution in [0.2, 0.25) is 0 Å². The highest BCUT2D eigenvalue weighted by Crippen LogP contribution is 2.19. The average molecular weight is 392 g/mol. The van der Waals surface area contributed by atoms with Crippen molar-refractivity contribution in [2.45, 2.75) is 31.8 Å². The highest BCUT2D eigenvalue weighted by atomic mass is 16.2. The molecule has 1 saturated heterocycles. The summed E-state index contributed by atoms with van der Waals surface area (Å²) in [5, 5.41) is 8.47. The molecule has 0 radical (unpaired) electrons. The van der Waals surface area contributed by atoms with E-state index in [1.807, 2.05) is 37.3 Å². The molecule has 4 rings (SSSR count). The minimum absolute atomic E-state index is 0.170. The van der Waals surface area contributed by atoms with Crippen molar-refractivity contribution in [1.29, 1.82) is 0 Å². The Labute approximate surface area is 165 Å². The van der Waals surface area contributed by atoms with Crippen molar-refractivity contribution < 1.29 is 14.4 Å². The SMILES string of the molecule is C[C@H](NC(=O)c1ccc2c(=O)n(C3CCC(=O)NC3=O)[nH]c2c1)c1ccccc1. The lowest BCUT2D eigenvalue weighted by Gasteiger charge is -2.20. The summed E-state index contributed by atoms with van der Waals surface area (Å²) in [7, 11) is 0. The first-order valence-corrected chi connectivity index (χ1v) is 9.38. The number of nitrogens with one attached hydrogen (secondary N) is 3. The Morgan fingerprint density at radius 1 is 1.14 bits per heavy atom. The maximum Gasteiger partial charge on any atom is 0.275 e.